The van der Waals surface area contributed by atoms with E-state index >= 15 is 0 Å². The summed E-state index contributed by atoms with van der Waals surface area (Å²) in [5.74, 6) is -0.528. The Morgan fingerprint density at radius 1 is 1.21 bits per heavy atom. The van der Waals surface area contributed by atoms with Gasteiger partial charge >= 0.3 is 5.76 Å². The lowest BCUT2D eigenvalue weighted by Gasteiger charge is -2.14. The topological polar surface area (TPSA) is 81.3 Å². The molecular formula is C17H18N2O4S. The first-order valence-electron chi connectivity index (χ1n) is 7.54. The van der Waals surface area contributed by atoms with E-state index in [0.717, 1.165) is 17.5 Å². The summed E-state index contributed by atoms with van der Waals surface area (Å²) < 4.78 is 34.5. The third-order valence-electron chi connectivity index (χ3n) is 4.05. The number of nitrogens with zero attached hydrogens (tertiary/aromatic N) is 1. The molecule has 126 valence electrons. The van der Waals surface area contributed by atoms with E-state index in [-0.39, 0.29) is 4.90 Å². The molecule has 1 N–H and O–H groups in total. The normalized spacial score (nSPS) is 11.8. The molecule has 24 heavy (non-hydrogen) atoms. The molecule has 0 bridgehead atoms. The number of sulfonamides is 1. The summed E-state index contributed by atoms with van der Waals surface area (Å²) in [6, 6.07) is 10.0. The molecule has 0 aliphatic rings. The number of hydrogen-bond acceptors (Lipinski definition) is 4. The number of benzene rings is 2. The maximum Gasteiger partial charge on any atom is 0.419 e. The second kappa shape index (κ2) is 5.83. The van der Waals surface area contributed by atoms with Crippen LogP contribution in [-0.2, 0) is 23.5 Å². The summed E-state index contributed by atoms with van der Waals surface area (Å²) in [6.45, 7) is 3.83. The predicted octanol–water partition coefficient (Wildman–Crippen LogP) is 2.80. The Labute approximate surface area is 139 Å². The van der Waals surface area contributed by atoms with Gasteiger partial charge in [0.1, 0.15) is 0 Å². The van der Waals surface area contributed by atoms with Gasteiger partial charge in [0.25, 0.3) is 10.0 Å². The molecule has 1 aromatic heterocycles. The Morgan fingerprint density at radius 2 is 1.96 bits per heavy atom. The standard InChI is InChI=1S/C17H18N2O4S/c1-4-12-7-5-6-11(2)16(12)18-24(21,22)13-8-9-15-14(10-13)19(3)17(20)23-15/h5-10,18H,4H2,1-3H3. The van der Waals surface area contributed by atoms with Gasteiger partial charge in [0.05, 0.1) is 16.1 Å². The molecule has 0 atom stereocenters. The molecule has 1 heterocycles. The van der Waals surface area contributed by atoms with Crippen molar-refractivity contribution in [2.45, 2.75) is 25.2 Å². The summed E-state index contributed by atoms with van der Waals surface area (Å²) in [5.41, 5.74) is 3.17. The largest absolute Gasteiger partial charge is 0.419 e. The van der Waals surface area contributed by atoms with Crippen molar-refractivity contribution < 1.29 is 12.8 Å². The smallest absolute Gasteiger partial charge is 0.408 e. The van der Waals surface area contributed by atoms with Crippen molar-refractivity contribution in [3.63, 3.8) is 0 Å². The maximum atomic E-state index is 12.8. The number of aryl methyl sites for hydroxylation is 3. The molecule has 0 aliphatic heterocycles. The molecule has 2 aromatic carbocycles. The van der Waals surface area contributed by atoms with E-state index in [9.17, 15) is 13.2 Å². The third-order valence-corrected chi connectivity index (χ3v) is 5.40. The molecule has 3 aromatic rings. The van der Waals surface area contributed by atoms with Crippen molar-refractivity contribution >= 4 is 26.8 Å². The number of fused-ring (bicyclic) bond motifs is 1. The zero-order chi connectivity index (χ0) is 17.5. The fraction of sp³-hybridized carbons (Fsp3) is 0.235. The van der Waals surface area contributed by atoms with Crippen molar-refractivity contribution in [1.82, 2.24) is 4.57 Å². The molecule has 3 rings (SSSR count). The summed E-state index contributed by atoms with van der Waals surface area (Å²) in [4.78, 5) is 11.6. The second-order valence-electron chi connectivity index (χ2n) is 5.62. The Morgan fingerprint density at radius 3 is 2.67 bits per heavy atom. The van der Waals surface area contributed by atoms with Gasteiger partial charge in [-0.25, -0.2) is 13.2 Å². The van der Waals surface area contributed by atoms with Crippen LogP contribution in [0.15, 0.2) is 50.5 Å². The number of para-hydroxylation sites is 1. The molecule has 7 heteroatoms. The second-order valence-corrected chi connectivity index (χ2v) is 7.31. The van der Waals surface area contributed by atoms with Crippen LogP contribution < -0.4 is 10.5 Å². The lowest BCUT2D eigenvalue weighted by Crippen LogP contribution is -2.15. The summed E-state index contributed by atoms with van der Waals surface area (Å²) in [5, 5.41) is 0. The van der Waals surface area contributed by atoms with E-state index in [1.54, 1.807) is 0 Å². The minimum Gasteiger partial charge on any atom is -0.408 e. The molecule has 0 aliphatic carbocycles. The van der Waals surface area contributed by atoms with E-state index < -0.39 is 15.8 Å². The predicted molar refractivity (Wildman–Crippen MR) is 92.8 cm³/mol. The van der Waals surface area contributed by atoms with Gasteiger partial charge in [0.2, 0.25) is 0 Å². The summed E-state index contributed by atoms with van der Waals surface area (Å²) in [7, 11) is -2.24. The molecule has 0 saturated heterocycles. The molecule has 0 saturated carbocycles. The first kappa shape index (κ1) is 16.3. The van der Waals surface area contributed by atoms with Gasteiger partial charge < -0.3 is 4.42 Å². The van der Waals surface area contributed by atoms with Gasteiger partial charge in [0.15, 0.2) is 5.58 Å². The number of hydrogen-bond donors (Lipinski definition) is 1. The summed E-state index contributed by atoms with van der Waals surface area (Å²) in [6.07, 6.45) is 0.717. The van der Waals surface area contributed by atoms with Crippen LogP contribution in [0, 0.1) is 6.92 Å². The van der Waals surface area contributed by atoms with Crippen molar-refractivity contribution in [3.8, 4) is 0 Å². The van der Waals surface area contributed by atoms with Crippen LogP contribution in [0.2, 0.25) is 0 Å². The lowest BCUT2D eigenvalue weighted by atomic mass is 10.1. The number of aromatic nitrogens is 1. The summed E-state index contributed by atoms with van der Waals surface area (Å²) >= 11 is 0. The average Bonchev–Trinajstić information content (AvgIpc) is 2.83. The highest BCUT2D eigenvalue weighted by Gasteiger charge is 2.19. The van der Waals surface area contributed by atoms with Crippen LogP contribution in [-0.4, -0.2) is 13.0 Å². The fourth-order valence-corrected chi connectivity index (χ4v) is 3.83. The molecule has 6 nitrogen and oxygen atoms in total. The van der Waals surface area contributed by atoms with Crippen LogP contribution in [0.4, 0.5) is 5.69 Å². The van der Waals surface area contributed by atoms with E-state index in [4.69, 9.17) is 4.42 Å². The highest BCUT2D eigenvalue weighted by molar-refractivity contribution is 7.92. The molecule has 0 spiro atoms. The molecule has 0 amide bonds. The SMILES string of the molecule is CCc1cccc(C)c1NS(=O)(=O)c1ccc2oc(=O)n(C)c2c1. The van der Waals surface area contributed by atoms with Crippen LogP contribution >= 0.6 is 0 Å². The Hall–Kier alpha value is -2.54. The average molecular weight is 346 g/mol. The highest BCUT2D eigenvalue weighted by atomic mass is 32.2. The maximum absolute atomic E-state index is 12.8. The van der Waals surface area contributed by atoms with Crippen molar-refractivity contribution in [3.05, 3.63) is 58.1 Å². The van der Waals surface area contributed by atoms with Crippen LogP contribution in [0.1, 0.15) is 18.1 Å². The Kier molecular flexibility index (Phi) is 3.96. The van der Waals surface area contributed by atoms with Gasteiger partial charge in [-0.15, -0.1) is 0 Å². The van der Waals surface area contributed by atoms with Gasteiger partial charge in [-0.1, -0.05) is 25.1 Å². The molecule has 0 radical (unpaired) electrons. The zero-order valence-electron chi connectivity index (χ0n) is 13.7. The third kappa shape index (κ3) is 2.71. The first-order chi connectivity index (χ1) is 11.3. The molecule has 0 fully saturated rings. The number of oxazole rings is 1. The van der Waals surface area contributed by atoms with Crippen molar-refractivity contribution in [1.29, 1.82) is 0 Å². The van der Waals surface area contributed by atoms with E-state index in [2.05, 4.69) is 4.72 Å². The number of rotatable bonds is 4. The minimum absolute atomic E-state index is 0.0803. The zero-order valence-corrected chi connectivity index (χ0v) is 14.5. The lowest BCUT2D eigenvalue weighted by molar-refractivity contribution is 0.528. The molecular weight excluding hydrogens is 328 g/mol. The molecule has 0 unspecified atom stereocenters. The van der Waals surface area contributed by atoms with Crippen LogP contribution in [0.25, 0.3) is 11.1 Å². The van der Waals surface area contributed by atoms with Gasteiger partial charge in [-0.3, -0.25) is 9.29 Å². The number of nitrogens with one attached hydrogen (secondary N) is 1. The first-order valence-corrected chi connectivity index (χ1v) is 9.02. The number of anilines is 1. The van der Waals surface area contributed by atoms with Gasteiger partial charge in [0, 0.05) is 7.05 Å². The minimum atomic E-state index is -3.77. The van der Waals surface area contributed by atoms with Crippen LogP contribution in [0.3, 0.4) is 0 Å². The Balaban J connectivity index is 2.09. The highest BCUT2D eigenvalue weighted by Crippen LogP contribution is 2.26. The van der Waals surface area contributed by atoms with Gasteiger partial charge in [-0.2, -0.15) is 0 Å². The van der Waals surface area contributed by atoms with E-state index in [1.165, 1.54) is 29.8 Å². The fourth-order valence-electron chi connectivity index (χ4n) is 2.64. The van der Waals surface area contributed by atoms with Crippen molar-refractivity contribution in [2.75, 3.05) is 4.72 Å². The van der Waals surface area contributed by atoms with Crippen LogP contribution in [0.5, 0.6) is 0 Å². The monoisotopic (exact) mass is 346 g/mol. The van der Waals surface area contributed by atoms with E-state index in [1.807, 2.05) is 32.0 Å². The Bertz CT molecular complexity index is 1080. The quantitative estimate of drug-likeness (QED) is 0.787. The van der Waals surface area contributed by atoms with Crippen molar-refractivity contribution in [2.24, 2.45) is 7.05 Å². The van der Waals surface area contributed by atoms with E-state index in [0.29, 0.717) is 16.8 Å². The van der Waals surface area contributed by atoms with Gasteiger partial charge in [-0.05, 0) is 42.7 Å².